The molecular weight excluding hydrogens is 412 g/mol. The summed E-state index contributed by atoms with van der Waals surface area (Å²) in [6, 6.07) is 12.3. The summed E-state index contributed by atoms with van der Waals surface area (Å²) >= 11 is 0. The van der Waals surface area contributed by atoms with E-state index in [-0.39, 0.29) is 23.0 Å². The van der Waals surface area contributed by atoms with Gasteiger partial charge in [0.15, 0.2) is 16.3 Å². The number of ether oxygens (including phenoxy) is 2. The van der Waals surface area contributed by atoms with Crippen molar-refractivity contribution in [2.75, 3.05) is 14.2 Å². The molecule has 160 valence electrons. The van der Waals surface area contributed by atoms with Crippen LogP contribution in [0, 0.1) is 18.8 Å². The van der Waals surface area contributed by atoms with Crippen LogP contribution in [-0.4, -0.2) is 40.3 Å². The second-order valence-electron chi connectivity index (χ2n) is 8.53. The minimum atomic E-state index is -1.81. The predicted molar refractivity (Wildman–Crippen MR) is 117 cm³/mol. The molecule has 4 aliphatic rings. The van der Waals surface area contributed by atoms with Crippen molar-refractivity contribution < 1.29 is 23.3 Å². The maximum absolute atomic E-state index is 14.3. The molecule has 0 radical (unpaired) electrons. The van der Waals surface area contributed by atoms with Crippen LogP contribution in [0.25, 0.3) is 0 Å². The van der Waals surface area contributed by atoms with Gasteiger partial charge in [0.05, 0.1) is 29.4 Å². The predicted octanol–water partition coefficient (Wildman–Crippen LogP) is 3.91. The second kappa shape index (κ2) is 6.97. The van der Waals surface area contributed by atoms with Crippen LogP contribution in [0.4, 0.5) is 0 Å². The van der Waals surface area contributed by atoms with Gasteiger partial charge in [-0.25, -0.2) is 0 Å². The lowest BCUT2D eigenvalue weighted by atomic mass is 9.53. The number of benzene rings is 2. The molecule has 6 heteroatoms. The summed E-state index contributed by atoms with van der Waals surface area (Å²) < 4.78 is 24.3. The zero-order chi connectivity index (χ0) is 22.0. The van der Waals surface area contributed by atoms with Gasteiger partial charge in [-0.3, -0.25) is 13.8 Å². The zero-order valence-electron chi connectivity index (χ0n) is 17.7. The van der Waals surface area contributed by atoms with Gasteiger partial charge >= 0.3 is 0 Å². The SMILES string of the molecule is COc1cccc2c1C(=O)[C@@H]1[C@@H]3C=C[C@@](OC)(CC3)[C@]1([S@@](=O)c1ccc(C)cc1)C2=O. The third-order valence-electron chi connectivity index (χ3n) is 7.21. The van der Waals surface area contributed by atoms with Crippen molar-refractivity contribution in [3.05, 3.63) is 71.3 Å². The van der Waals surface area contributed by atoms with Gasteiger partial charge in [-0.05, 0) is 43.9 Å². The minimum absolute atomic E-state index is 0.180. The van der Waals surface area contributed by atoms with Gasteiger partial charge in [0.1, 0.15) is 11.4 Å². The molecular formula is C25H24O5S. The number of carbonyl (C=O) groups excluding carboxylic acids is 2. The van der Waals surface area contributed by atoms with E-state index in [4.69, 9.17) is 9.47 Å². The number of carbonyl (C=O) groups is 2. The first kappa shape index (κ1) is 20.3. The van der Waals surface area contributed by atoms with Crippen LogP contribution in [-0.2, 0) is 15.5 Å². The average molecular weight is 437 g/mol. The number of Topliss-reactive ketones (excluding diaryl/α,β-unsaturated/α-hetero) is 2. The van der Waals surface area contributed by atoms with E-state index < -0.39 is 27.1 Å². The van der Waals surface area contributed by atoms with E-state index in [9.17, 15) is 13.8 Å². The molecule has 1 saturated carbocycles. The molecule has 0 N–H and O–H groups in total. The molecule has 0 amide bonds. The normalized spacial score (nSPS) is 31.8. The Bertz CT molecular complexity index is 1150. The van der Waals surface area contributed by atoms with Crippen LogP contribution in [0.3, 0.4) is 0 Å². The van der Waals surface area contributed by atoms with Crippen molar-refractivity contribution in [3.63, 3.8) is 0 Å². The molecule has 2 bridgehead atoms. The number of aryl methyl sites for hydroxylation is 1. The fraction of sp³-hybridized carbons (Fsp3) is 0.360. The highest BCUT2D eigenvalue weighted by atomic mass is 32.2. The Hall–Kier alpha value is -2.57. The zero-order valence-corrected chi connectivity index (χ0v) is 18.5. The van der Waals surface area contributed by atoms with Gasteiger partial charge in [0, 0.05) is 17.6 Å². The van der Waals surface area contributed by atoms with E-state index >= 15 is 0 Å². The fourth-order valence-corrected chi connectivity index (χ4v) is 7.84. The Kier molecular flexibility index (Phi) is 4.57. The number of fused-ring (bicyclic) bond motifs is 2. The third-order valence-corrected chi connectivity index (χ3v) is 9.28. The Morgan fingerprint density at radius 3 is 2.42 bits per heavy atom. The summed E-state index contributed by atoms with van der Waals surface area (Å²) in [4.78, 5) is 28.8. The summed E-state index contributed by atoms with van der Waals surface area (Å²) in [6.07, 6.45) is 5.08. The van der Waals surface area contributed by atoms with Gasteiger partial charge in [0.2, 0.25) is 0 Å². The molecule has 0 spiro atoms. The molecule has 0 aliphatic heterocycles. The first-order valence-corrected chi connectivity index (χ1v) is 11.6. The van der Waals surface area contributed by atoms with Gasteiger partial charge in [-0.15, -0.1) is 0 Å². The Morgan fingerprint density at radius 1 is 1.06 bits per heavy atom. The van der Waals surface area contributed by atoms with E-state index in [2.05, 4.69) is 0 Å². The van der Waals surface area contributed by atoms with E-state index in [1.54, 1.807) is 37.4 Å². The van der Waals surface area contributed by atoms with Crippen LogP contribution in [0.1, 0.15) is 39.1 Å². The molecule has 2 aromatic rings. The van der Waals surface area contributed by atoms with E-state index in [0.29, 0.717) is 29.1 Å². The van der Waals surface area contributed by atoms with Crippen LogP contribution in [0.2, 0.25) is 0 Å². The van der Waals surface area contributed by atoms with E-state index in [1.165, 1.54) is 7.11 Å². The smallest absolute Gasteiger partial charge is 0.186 e. The number of methoxy groups -OCH3 is 2. The molecule has 0 aromatic heterocycles. The largest absolute Gasteiger partial charge is 0.496 e. The molecule has 5 nitrogen and oxygen atoms in total. The van der Waals surface area contributed by atoms with Crippen LogP contribution in [0.15, 0.2) is 59.5 Å². The molecule has 5 atom stereocenters. The lowest BCUT2D eigenvalue weighted by molar-refractivity contribution is -0.0558. The highest BCUT2D eigenvalue weighted by Crippen LogP contribution is 2.60. The molecule has 4 aliphatic carbocycles. The highest BCUT2D eigenvalue weighted by Gasteiger charge is 2.73. The molecule has 31 heavy (non-hydrogen) atoms. The highest BCUT2D eigenvalue weighted by molar-refractivity contribution is 7.87. The van der Waals surface area contributed by atoms with E-state index in [1.807, 2.05) is 31.2 Å². The first-order valence-electron chi connectivity index (χ1n) is 10.4. The molecule has 6 rings (SSSR count). The number of hydrogen-bond donors (Lipinski definition) is 0. The van der Waals surface area contributed by atoms with Crippen molar-refractivity contribution in [3.8, 4) is 5.75 Å². The van der Waals surface area contributed by atoms with Crippen molar-refractivity contribution in [1.82, 2.24) is 0 Å². The van der Waals surface area contributed by atoms with Crippen LogP contribution >= 0.6 is 0 Å². The molecule has 0 heterocycles. The maximum atomic E-state index is 14.3. The number of allylic oxidation sites excluding steroid dienone is 1. The second-order valence-corrected chi connectivity index (χ2v) is 10.2. The average Bonchev–Trinajstić information content (AvgIpc) is 2.82. The van der Waals surface area contributed by atoms with Gasteiger partial charge in [-0.2, -0.15) is 0 Å². The lowest BCUT2D eigenvalue weighted by Gasteiger charge is -2.59. The molecule has 0 unspecified atom stereocenters. The monoisotopic (exact) mass is 436 g/mol. The first-order chi connectivity index (χ1) is 14.9. The number of hydrogen-bond acceptors (Lipinski definition) is 5. The van der Waals surface area contributed by atoms with Gasteiger partial charge in [0.25, 0.3) is 0 Å². The molecule has 1 fully saturated rings. The van der Waals surface area contributed by atoms with Crippen LogP contribution in [0.5, 0.6) is 5.75 Å². The summed E-state index contributed by atoms with van der Waals surface area (Å²) in [5.74, 6) is -1.07. The fourth-order valence-electron chi connectivity index (χ4n) is 5.73. The van der Waals surface area contributed by atoms with E-state index in [0.717, 1.165) is 5.56 Å². The van der Waals surface area contributed by atoms with Crippen LogP contribution < -0.4 is 4.74 Å². The standard InChI is InChI=1S/C25H24O5S/c1-15-7-9-17(10-8-15)31(28)25-21(16-11-13-24(25,30-3)14-12-16)22(26)20-18(23(25)27)5-4-6-19(20)29-2/h4-11,13,16,21H,12,14H2,1-3H3/t16-,21+,24-,25-,31+/m1/s1. The Labute approximate surface area is 183 Å². The van der Waals surface area contributed by atoms with Crippen molar-refractivity contribution in [1.29, 1.82) is 0 Å². The van der Waals surface area contributed by atoms with Crippen molar-refractivity contribution >= 4 is 22.4 Å². The minimum Gasteiger partial charge on any atom is -0.496 e. The Morgan fingerprint density at radius 2 is 1.81 bits per heavy atom. The number of rotatable bonds is 4. The topological polar surface area (TPSA) is 69.7 Å². The third kappa shape index (κ3) is 2.43. The lowest BCUT2D eigenvalue weighted by Crippen LogP contribution is -2.74. The maximum Gasteiger partial charge on any atom is 0.186 e. The van der Waals surface area contributed by atoms with Crippen molar-refractivity contribution in [2.45, 2.75) is 35.0 Å². The van der Waals surface area contributed by atoms with Gasteiger partial charge < -0.3 is 9.47 Å². The quantitative estimate of drug-likeness (QED) is 0.680. The Balaban J connectivity index is 1.84. The molecule has 0 saturated heterocycles. The summed E-state index contributed by atoms with van der Waals surface area (Å²) in [6.45, 7) is 1.95. The summed E-state index contributed by atoms with van der Waals surface area (Å²) in [7, 11) is 1.22. The number of ketones is 2. The van der Waals surface area contributed by atoms with Crippen molar-refractivity contribution in [2.24, 2.45) is 11.8 Å². The summed E-state index contributed by atoms with van der Waals surface area (Å²) in [5, 5.41) is 0. The summed E-state index contributed by atoms with van der Waals surface area (Å²) in [5.41, 5.74) is 0.472. The van der Waals surface area contributed by atoms with Gasteiger partial charge in [-0.1, -0.05) is 42.0 Å². The molecule has 2 aromatic carbocycles.